The van der Waals surface area contributed by atoms with Crippen molar-refractivity contribution in [2.24, 2.45) is 0 Å². The Labute approximate surface area is 229 Å². The Morgan fingerprint density at radius 2 is 1.74 bits per heavy atom. The molecule has 9 nitrogen and oxygen atoms in total. The van der Waals surface area contributed by atoms with Crippen LogP contribution in [0.25, 0.3) is 22.3 Å². The first kappa shape index (κ1) is 28.3. The number of nitrogens with one attached hydrogen (secondary N) is 2. The van der Waals surface area contributed by atoms with Crippen LogP contribution < -0.4 is 21.8 Å². The third-order valence-corrected chi connectivity index (χ3v) is 7.53. The van der Waals surface area contributed by atoms with Crippen LogP contribution >= 0.6 is 0 Å². The minimum absolute atomic E-state index is 0.0242. The Morgan fingerprint density at radius 1 is 1.00 bits per heavy atom. The first-order valence-corrected chi connectivity index (χ1v) is 14.0. The van der Waals surface area contributed by atoms with E-state index in [1.165, 1.54) is 6.42 Å². The van der Waals surface area contributed by atoms with Crippen molar-refractivity contribution in [3.05, 3.63) is 57.7 Å². The zero-order valence-corrected chi connectivity index (χ0v) is 23.3. The molecule has 0 radical (unpaired) electrons. The van der Waals surface area contributed by atoms with Crippen LogP contribution in [0.1, 0.15) is 51.2 Å². The van der Waals surface area contributed by atoms with Crippen molar-refractivity contribution in [1.82, 2.24) is 25.1 Å². The number of hydrogen-bond donors (Lipinski definition) is 3. The van der Waals surface area contributed by atoms with Gasteiger partial charge >= 0.3 is 0 Å². The molecule has 0 saturated carbocycles. The van der Waals surface area contributed by atoms with E-state index in [0.717, 1.165) is 37.1 Å². The minimum atomic E-state index is -0.265. The van der Waals surface area contributed by atoms with Crippen LogP contribution in [0.2, 0.25) is 0 Å². The van der Waals surface area contributed by atoms with E-state index in [4.69, 9.17) is 10.7 Å². The lowest BCUT2D eigenvalue weighted by Gasteiger charge is -2.22. The van der Waals surface area contributed by atoms with Gasteiger partial charge in [0.05, 0.1) is 23.9 Å². The predicted octanol–water partition coefficient (Wildman–Crippen LogP) is 2.88. The third-order valence-electron chi connectivity index (χ3n) is 7.53. The van der Waals surface area contributed by atoms with Gasteiger partial charge in [-0.2, -0.15) is 0 Å². The van der Waals surface area contributed by atoms with Gasteiger partial charge in [-0.25, -0.2) is 4.98 Å². The Kier molecular flexibility index (Phi) is 9.35. The maximum absolute atomic E-state index is 13.2. The highest BCUT2D eigenvalue weighted by Gasteiger charge is 2.23. The summed E-state index contributed by atoms with van der Waals surface area (Å²) in [5.41, 5.74) is 9.41. The van der Waals surface area contributed by atoms with Gasteiger partial charge in [0.2, 0.25) is 11.8 Å². The molecule has 208 valence electrons. The predicted molar refractivity (Wildman–Crippen MR) is 156 cm³/mol. The van der Waals surface area contributed by atoms with Crippen molar-refractivity contribution in [1.29, 1.82) is 0 Å². The van der Waals surface area contributed by atoms with Crippen molar-refractivity contribution in [2.45, 2.75) is 65.5 Å². The van der Waals surface area contributed by atoms with E-state index in [-0.39, 0.29) is 29.5 Å². The molecule has 4 rings (SSSR count). The molecule has 0 spiro atoms. The Balaban J connectivity index is 1.50. The standard InChI is InChI=1S/C30H40N6O3/c1-4-15-32-27(38)18-24-28(39)23-13-14-25(34-30(23)36(6-3)29(24)31)21-11-9-20(10-12-21)17-26(37)33-19-22-8-7-16-35(22)5-2/h9-14,22H,4-8,15-19,31H2,1-3H3,(H,32,38)(H,33,37). The average Bonchev–Trinajstić information content (AvgIpc) is 3.41. The number of carbonyl (C=O) groups is 2. The number of likely N-dealkylation sites (N-methyl/N-ethyl adjacent to an activating group) is 1. The first-order valence-electron chi connectivity index (χ1n) is 14.0. The molecule has 0 bridgehead atoms. The molecule has 1 atom stereocenters. The molecule has 2 amide bonds. The molecule has 3 aromatic rings. The van der Waals surface area contributed by atoms with Gasteiger partial charge in [-0.3, -0.25) is 19.3 Å². The maximum Gasteiger partial charge on any atom is 0.224 e. The molecule has 9 heteroatoms. The number of benzene rings is 1. The van der Waals surface area contributed by atoms with Gasteiger partial charge in [0.1, 0.15) is 11.5 Å². The second kappa shape index (κ2) is 12.9. The number of fused-ring (bicyclic) bond motifs is 1. The Hall–Kier alpha value is -3.72. The minimum Gasteiger partial charge on any atom is -0.385 e. The molecule has 1 aliphatic heterocycles. The smallest absolute Gasteiger partial charge is 0.224 e. The molecule has 3 heterocycles. The summed E-state index contributed by atoms with van der Waals surface area (Å²) in [4.78, 5) is 45.3. The van der Waals surface area contributed by atoms with E-state index in [0.29, 0.717) is 54.4 Å². The summed E-state index contributed by atoms with van der Waals surface area (Å²) in [6, 6.07) is 11.8. The van der Waals surface area contributed by atoms with Crippen LogP contribution in [-0.2, 0) is 29.0 Å². The summed E-state index contributed by atoms with van der Waals surface area (Å²) in [6.07, 6.45) is 3.41. The normalized spacial score (nSPS) is 15.5. The number of nitrogens with two attached hydrogens (primary N) is 1. The number of aryl methyl sites for hydroxylation is 1. The highest BCUT2D eigenvalue weighted by atomic mass is 16.2. The second-order valence-corrected chi connectivity index (χ2v) is 10.1. The number of likely N-dealkylation sites (tertiary alicyclic amines) is 1. The number of nitrogens with zero attached hydrogens (tertiary/aromatic N) is 3. The number of nitrogen functional groups attached to an aromatic ring is 1. The fourth-order valence-electron chi connectivity index (χ4n) is 5.34. The van der Waals surface area contributed by atoms with E-state index in [9.17, 15) is 14.4 Å². The van der Waals surface area contributed by atoms with E-state index in [1.54, 1.807) is 10.6 Å². The van der Waals surface area contributed by atoms with E-state index >= 15 is 0 Å². The molecule has 2 aromatic heterocycles. The number of pyridine rings is 2. The van der Waals surface area contributed by atoms with Crippen LogP contribution in [-0.4, -0.2) is 58.5 Å². The molecule has 1 aromatic carbocycles. The van der Waals surface area contributed by atoms with Gasteiger partial charge in [0, 0.05) is 36.8 Å². The van der Waals surface area contributed by atoms with Crippen molar-refractivity contribution < 1.29 is 9.59 Å². The van der Waals surface area contributed by atoms with Crippen molar-refractivity contribution in [3.8, 4) is 11.3 Å². The van der Waals surface area contributed by atoms with E-state index in [1.807, 2.05) is 44.2 Å². The zero-order valence-electron chi connectivity index (χ0n) is 23.3. The summed E-state index contributed by atoms with van der Waals surface area (Å²) in [5.74, 6) is 0.0749. The number of aromatic nitrogens is 2. The lowest BCUT2D eigenvalue weighted by molar-refractivity contribution is -0.121. The van der Waals surface area contributed by atoms with Gasteiger partial charge in [-0.1, -0.05) is 38.1 Å². The van der Waals surface area contributed by atoms with Gasteiger partial charge < -0.3 is 20.9 Å². The van der Waals surface area contributed by atoms with Crippen LogP contribution in [0.4, 0.5) is 5.82 Å². The first-order chi connectivity index (χ1) is 18.9. The Morgan fingerprint density at radius 3 is 2.44 bits per heavy atom. The van der Waals surface area contributed by atoms with Crippen LogP contribution in [0.5, 0.6) is 0 Å². The molecule has 4 N–H and O–H groups in total. The number of carbonyl (C=O) groups excluding carboxylic acids is 2. The highest BCUT2D eigenvalue weighted by Crippen LogP contribution is 2.23. The van der Waals surface area contributed by atoms with Crippen molar-refractivity contribution >= 4 is 28.7 Å². The quantitative estimate of drug-likeness (QED) is 0.349. The van der Waals surface area contributed by atoms with E-state index < -0.39 is 0 Å². The van der Waals surface area contributed by atoms with Crippen molar-refractivity contribution in [2.75, 3.05) is 31.9 Å². The maximum atomic E-state index is 13.2. The second-order valence-electron chi connectivity index (χ2n) is 10.1. The van der Waals surface area contributed by atoms with E-state index in [2.05, 4.69) is 22.5 Å². The molecule has 1 aliphatic rings. The van der Waals surface area contributed by atoms with Gasteiger partial charge in [0.15, 0.2) is 5.43 Å². The SMILES string of the molecule is CCCNC(=O)Cc1c(N)n(CC)c2nc(-c3ccc(CC(=O)NCC4CCCN4CC)cc3)ccc2c1=O. The molecule has 0 aliphatic carbocycles. The summed E-state index contributed by atoms with van der Waals surface area (Å²) in [6.45, 7) is 9.95. The number of rotatable bonds is 11. The van der Waals surface area contributed by atoms with Crippen LogP contribution in [0.15, 0.2) is 41.2 Å². The monoisotopic (exact) mass is 532 g/mol. The summed E-state index contributed by atoms with van der Waals surface area (Å²) < 4.78 is 1.78. The Bertz CT molecular complexity index is 1380. The van der Waals surface area contributed by atoms with Crippen molar-refractivity contribution in [3.63, 3.8) is 0 Å². The summed E-state index contributed by atoms with van der Waals surface area (Å²) in [5, 5.41) is 6.33. The lowest BCUT2D eigenvalue weighted by Crippen LogP contribution is -2.40. The summed E-state index contributed by atoms with van der Waals surface area (Å²) >= 11 is 0. The zero-order chi connectivity index (χ0) is 27.9. The fourth-order valence-corrected chi connectivity index (χ4v) is 5.34. The third kappa shape index (κ3) is 6.47. The highest BCUT2D eigenvalue weighted by molar-refractivity contribution is 5.85. The van der Waals surface area contributed by atoms with Crippen LogP contribution in [0, 0.1) is 0 Å². The lowest BCUT2D eigenvalue weighted by atomic mass is 10.0. The topological polar surface area (TPSA) is 122 Å². The average molecular weight is 533 g/mol. The molecule has 1 unspecified atom stereocenters. The molecule has 1 fully saturated rings. The largest absolute Gasteiger partial charge is 0.385 e. The number of anilines is 1. The molecule has 39 heavy (non-hydrogen) atoms. The van der Waals surface area contributed by atoms with Crippen LogP contribution in [0.3, 0.4) is 0 Å². The number of hydrogen-bond acceptors (Lipinski definition) is 6. The molecular formula is C30H40N6O3. The number of amides is 2. The van der Waals surface area contributed by atoms with Gasteiger partial charge in [-0.05, 0) is 57.0 Å². The molecule has 1 saturated heterocycles. The fraction of sp³-hybridized carbons (Fsp3) is 0.467. The molecular weight excluding hydrogens is 492 g/mol. The van der Waals surface area contributed by atoms with Gasteiger partial charge in [-0.15, -0.1) is 0 Å². The van der Waals surface area contributed by atoms with Gasteiger partial charge in [0.25, 0.3) is 0 Å². The summed E-state index contributed by atoms with van der Waals surface area (Å²) in [7, 11) is 0.